The Morgan fingerprint density at radius 2 is 2.38 bits per heavy atom. The van der Waals surface area contributed by atoms with Crippen LogP contribution in [0.5, 0.6) is 0 Å². The lowest BCUT2D eigenvalue weighted by atomic mass is 10.2. The van der Waals surface area contributed by atoms with Crippen molar-refractivity contribution in [3.8, 4) is 0 Å². The molecule has 1 unspecified atom stereocenters. The van der Waals surface area contributed by atoms with Crippen LogP contribution in [0.15, 0.2) is 9.50 Å². The summed E-state index contributed by atoms with van der Waals surface area (Å²) in [5.41, 5.74) is 5.49. The predicted octanol–water partition coefficient (Wildman–Crippen LogP) is 2.11. The molecule has 90 valence electrons. The zero-order valence-electron chi connectivity index (χ0n) is 9.38. The van der Waals surface area contributed by atoms with Crippen LogP contribution in [0.2, 0.25) is 0 Å². The van der Waals surface area contributed by atoms with Gasteiger partial charge in [0, 0.05) is 18.1 Å². The maximum Gasteiger partial charge on any atom is 0.170 e. The van der Waals surface area contributed by atoms with E-state index in [1.807, 2.05) is 6.92 Å². The molecule has 0 saturated heterocycles. The molecular formula is C9H16N4OS2. The van der Waals surface area contributed by atoms with E-state index in [9.17, 15) is 0 Å². The minimum Gasteiger partial charge on any atom is -0.409 e. The molecule has 1 atom stereocenters. The number of aromatic nitrogens is 2. The first-order valence-corrected chi connectivity index (χ1v) is 6.80. The van der Waals surface area contributed by atoms with Crippen molar-refractivity contribution in [2.75, 3.05) is 0 Å². The Kier molecular flexibility index (Phi) is 5.54. The molecule has 1 rings (SSSR count). The summed E-state index contributed by atoms with van der Waals surface area (Å²) < 4.78 is 5.17. The van der Waals surface area contributed by atoms with E-state index in [0.29, 0.717) is 6.42 Å². The molecule has 0 bridgehead atoms. The van der Waals surface area contributed by atoms with Gasteiger partial charge in [0.1, 0.15) is 11.7 Å². The van der Waals surface area contributed by atoms with Crippen LogP contribution in [-0.4, -0.2) is 25.7 Å². The van der Waals surface area contributed by atoms with E-state index in [1.54, 1.807) is 11.8 Å². The van der Waals surface area contributed by atoms with Gasteiger partial charge in [-0.15, -0.1) is 0 Å². The Balaban J connectivity index is 2.55. The average Bonchev–Trinajstić information content (AvgIpc) is 2.75. The normalized spacial score (nSPS) is 14.0. The quantitative estimate of drug-likeness (QED) is 0.269. The highest BCUT2D eigenvalue weighted by molar-refractivity contribution is 8.01. The highest BCUT2D eigenvalue weighted by Gasteiger charge is 2.13. The van der Waals surface area contributed by atoms with Crippen molar-refractivity contribution in [3.05, 3.63) is 5.82 Å². The Hall–Kier alpha value is -0.820. The highest BCUT2D eigenvalue weighted by atomic mass is 32.2. The molecule has 1 aromatic heterocycles. The van der Waals surface area contributed by atoms with Gasteiger partial charge in [0.15, 0.2) is 4.34 Å². The van der Waals surface area contributed by atoms with E-state index in [1.165, 1.54) is 11.5 Å². The summed E-state index contributed by atoms with van der Waals surface area (Å²) in [7, 11) is 0. The van der Waals surface area contributed by atoms with E-state index in [4.69, 9.17) is 10.9 Å². The molecule has 0 radical (unpaired) electrons. The van der Waals surface area contributed by atoms with E-state index in [-0.39, 0.29) is 11.1 Å². The fourth-order valence-corrected chi connectivity index (χ4v) is 3.17. The maximum absolute atomic E-state index is 8.52. The first-order valence-electron chi connectivity index (χ1n) is 5.15. The number of nitrogens with two attached hydrogens (primary N) is 1. The lowest BCUT2D eigenvalue weighted by Gasteiger charge is -2.10. The minimum absolute atomic E-state index is 0.264. The number of rotatable bonds is 6. The Morgan fingerprint density at radius 3 is 2.88 bits per heavy atom. The molecule has 5 nitrogen and oxygen atoms in total. The van der Waals surface area contributed by atoms with E-state index < -0.39 is 0 Å². The fraction of sp³-hybridized carbons (Fsp3) is 0.667. The van der Waals surface area contributed by atoms with Crippen molar-refractivity contribution in [1.29, 1.82) is 0 Å². The zero-order valence-corrected chi connectivity index (χ0v) is 11.0. The van der Waals surface area contributed by atoms with E-state index in [2.05, 4.69) is 21.4 Å². The Morgan fingerprint density at radius 1 is 1.62 bits per heavy atom. The van der Waals surface area contributed by atoms with Crippen LogP contribution in [0.4, 0.5) is 0 Å². The number of amidine groups is 1. The van der Waals surface area contributed by atoms with Crippen LogP contribution in [0.25, 0.3) is 0 Å². The van der Waals surface area contributed by atoms with Gasteiger partial charge in [-0.05, 0) is 18.0 Å². The zero-order chi connectivity index (χ0) is 12.0. The number of aryl methyl sites for hydroxylation is 1. The van der Waals surface area contributed by atoms with E-state index >= 15 is 0 Å². The fourth-order valence-electron chi connectivity index (χ4n) is 1.12. The molecule has 0 amide bonds. The van der Waals surface area contributed by atoms with Crippen LogP contribution in [0.1, 0.15) is 32.5 Å². The topological polar surface area (TPSA) is 84.4 Å². The predicted molar refractivity (Wildman–Crippen MR) is 67.2 cm³/mol. The third-order valence-electron chi connectivity index (χ3n) is 2.05. The average molecular weight is 260 g/mol. The molecule has 7 heteroatoms. The smallest absolute Gasteiger partial charge is 0.170 e. The maximum atomic E-state index is 8.52. The third kappa shape index (κ3) is 3.97. The molecule has 1 heterocycles. The van der Waals surface area contributed by atoms with Crippen LogP contribution >= 0.6 is 23.3 Å². The van der Waals surface area contributed by atoms with Crippen molar-refractivity contribution >= 4 is 29.1 Å². The molecular weight excluding hydrogens is 244 g/mol. The van der Waals surface area contributed by atoms with E-state index in [0.717, 1.165) is 23.0 Å². The summed E-state index contributed by atoms with van der Waals surface area (Å²) >= 11 is 3.05. The molecule has 1 aromatic rings. The summed E-state index contributed by atoms with van der Waals surface area (Å²) in [6.45, 7) is 4.11. The second-order valence-electron chi connectivity index (χ2n) is 3.27. The standard InChI is InChI=1S/C9H16N4OS2/c1-3-6(5-7(10)12-14)15-9-11-8(4-2)13-16-9/h6,14H,3-5H2,1-2H3,(H2,10,12). The number of thioether (sulfide) groups is 1. The summed E-state index contributed by atoms with van der Waals surface area (Å²) in [4.78, 5) is 4.38. The number of oxime groups is 1. The summed E-state index contributed by atoms with van der Waals surface area (Å²) in [6, 6.07) is 0. The minimum atomic E-state index is 0.264. The second kappa shape index (κ2) is 6.70. The summed E-state index contributed by atoms with van der Waals surface area (Å²) in [5, 5.41) is 11.8. The lowest BCUT2D eigenvalue weighted by molar-refractivity contribution is 0.316. The highest BCUT2D eigenvalue weighted by Crippen LogP contribution is 2.28. The molecule has 0 aliphatic heterocycles. The van der Waals surface area contributed by atoms with Crippen LogP contribution in [0.3, 0.4) is 0 Å². The van der Waals surface area contributed by atoms with Crippen molar-refractivity contribution in [1.82, 2.24) is 9.36 Å². The molecule has 0 fully saturated rings. The molecule has 0 saturated carbocycles. The molecule has 16 heavy (non-hydrogen) atoms. The molecule has 0 spiro atoms. The molecule has 0 aliphatic carbocycles. The molecule has 0 aromatic carbocycles. The van der Waals surface area contributed by atoms with Crippen LogP contribution < -0.4 is 5.73 Å². The van der Waals surface area contributed by atoms with Crippen molar-refractivity contribution in [3.63, 3.8) is 0 Å². The first kappa shape index (κ1) is 13.2. The monoisotopic (exact) mass is 260 g/mol. The van der Waals surface area contributed by atoms with Gasteiger partial charge in [-0.3, -0.25) is 0 Å². The molecule has 0 aliphatic rings. The van der Waals surface area contributed by atoms with Gasteiger partial charge < -0.3 is 10.9 Å². The van der Waals surface area contributed by atoms with Gasteiger partial charge in [0.05, 0.1) is 0 Å². The number of hydrogen-bond acceptors (Lipinski definition) is 6. The Bertz CT molecular complexity index is 353. The largest absolute Gasteiger partial charge is 0.409 e. The van der Waals surface area contributed by atoms with Gasteiger partial charge in [0.2, 0.25) is 0 Å². The van der Waals surface area contributed by atoms with Gasteiger partial charge in [-0.2, -0.15) is 4.37 Å². The van der Waals surface area contributed by atoms with Gasteiger partial charge >= 0.3 is 0 Å². The van der Waals surface area contributed by atoms with Gasteiger partial charge in [0.25, 0.3) is 0 Å². The van der Waals surface area contributed by atoms with Gasteiger partial charge in [-0.1, -0.05) is 30.8 Å². The van der Waals surface area contributed by atoms with Crippen LogP contribution in [0, 0.1) is 0 Å². The second-order valence-corrected chi connectivity index (χ2v) is 5.57. The first-order chi connectivity index (χ1) is 7.69. The third-order valence-corrected chi connectivity index (χ3v) is 4.24. The Labute approximate surface area is 103 Å². The number of nitrogens with zero attached hydrogens (tertiary/aromatic N) is 3. The SMILES string of the molecule is CCc1nsc(SC(CC)CC(N)=NO)n1. The summed E-state index contributed by atoms with van der Waals surface area (Å²) in [6.07, 6.45) is 2.37. The van der Waals surface area contributed by atoms with Crippen LogP contribution in [-0.2, 0) is 6.42 Å². The van der Waals surface area contributed by atoms with Crippen molar-refractivity contribution in [2.24, 2.45) is 10.9 Å². The van der Waals surface area contributed by atoms with Gasteiger partial charge in [-0.25, -0.2) is 4.98 Å². The van der Waals surface area contributed by atoms with Crippen molar-refractivity contribution in [2.45, 2.75) is 42.7 Å². The lowest BCUT2D eigenvalue weighted by Crippen LogP contribution is -2.18. The van der Waals surface area contributed by atoms with Crippen molar-refractivity contribution < 1.29 is 5.21 Å². The number of hydrogen-bond donors (Lipinski definition) is 2. The molecule has 3 N–H and O–H groups in total. The summed E-state index contributed by atoms with van der Waals surface area (Å²) in [5.74, 6) is 1.14.